The minimum absolute atomic E-state index is 0.274. The van der Waals surface area contributed by atoms with E-state index in [9.17, 15) is 14.0 Å². The second-order valence-electron chi connectivity index (χ2n) is 6.36. The Labute approximate surface area is 177 Å². The molecule has 0 saturated heterocycles. The smallest absolute Gasteiger partial charge is 0.329 e. The lowest BCUT2D eigenvalue weighted by atomic mass is 10.2. The van der Waals surface area contributed by atoms with Crippen LogP contribution in [-0.4, -0.2) is 18.0 Å². The molecule has 2 amide bonds. The molecule has 0 unspecified atom stereocenters. The van der Waals surface area contributed by atoms with Crippen molar-refractivity contribution in [2.24, 2.45) is 5.10 Å². The van der Waals surface area contributed by atoms with Gasteiger partial charge in [0.15, 0.2) is 0 Å². The minimum Gasteiger partial charge on any atom is -0.353 e. The SMILES string of the molecule is Cc1ccc(NC(=O)C(=O)N/N=C\c2cc(Cl)ccc2Nc2ccccc2F)cc1. The monoisotopic (exact) mass is 424 g/mol. The van der Waals surface area contributed by atoms with Crippen molar-refractivity contribution in [3.8, 4) is 0 Å². The fraction of sp³-hybridized carbons (Fsp3) is 0.0455. The number of carbonyl (C=O) groups excluding carboxylic acids is 2. The van der Waals surface area contributed by atoms with E-state index in [4.69, 9.17) is 11.6 Å². The Morgan fingerprint density at radius 2 is 1.70 bits per heavy atom. The summed E-state index contributed by atoms with van der Waals surface area (Å²) in [6.07, 6.45) is 1.31. The van der Waals surface area contributed by atoms with E-state index in [0.717, 1.165) is 5.56 Å². The molecule has 3 N–H and O–H groups in total. The van der Waals surface area contributed by atoms with Crippen molar-refractivity contribution in [3.63, 3.8) is 0 Å². The first-order valence-electron chi connectivity index (χ1n) is 8.94. The van der Waals surface area contributed by atoms with Crippen molar-refractivity contribution in [2.45, 2.75) is 6.92 Å². The molecule has 0 spiro atoms. The zero-order valence-corrected chi connectivity index (χ0v) is 16.7. The topological polar surface area (TPSA) is 82.6 Å². The third-order valence-electron chi connectivity index (χ3n) is 4.04. The molecule has 0 heterocycles. The van der Waals surface area contributed by atoms with E-state index in [-0.39, 0.29) is 5.69 Å². The molecule has 3 aromatic rings. The van der Waals surface area contributed by atoms with Gasteiger partial charge in [-0.15, -0.1) is 0 Å². The van der Waals surface area contributed by atoms with Crippen LogP contribution in [-0.2, 0) is 9.59 Å². The number of amides is 2. The molecule has 0 bridgehead atoms. The van der Waals surface area contributed by atoms with Gasteiger partial charge >= 0.3 is 11.8 Å². The summed E-state index contributed by atoms with van der Waals surface area (Å²) in [5.74, 6) is -2.21. The van der Waals surface area contributed by atoms with Gasteiger partial charge < -0.3 is 10.6 Å². The van der Waals surface area contributed by atoms with E-state index in [0.29, 0.717) is 22.0 Å². The van der Waals surface area contributed by atoms with Gasteiger partial charge in [0.25, 0.3) is 0 Å². The summed E-state index contributed by atoms with van der Waals surface area (Å²) in [6.45, 7) is 1.91. The molecule has 3 aromatic carbocycles. The maximum atomic E-state index is 13.9. The number of hydrazone groups is 1. The fourth-order valence-corrected chi connectivity index (χ4v) is 2.68. The molecule has 0 fully saturated rings. The minimum atomic E-state index is -0.933. The second kappa shape index (κ2) is 9.67. The average Bonchev–Trinajstić information content (AvgIpc) is 2.73. The third kappa shape index (κ3) is 5.65. The molecule has 0 aliphatic carbocycles. The molecule has 0 atom stereocenters. The van der Waals surface area contributed by atoms with Gasteiger partial charge in [0.1, 0.15) is 5.82 Å². The first-order chi connectivity index (χ1) is 14.4. The van der Waals surface area contributed by atoms with Gasteiger partial charge in [-0.25, -0.2) is 9.82 Å². The number of hydrogen-bond donors (Lipinski definition) is 3. The third-order valence-corrected chi connectivity index (χ3v) is 4.28. The first kappa shape index (κ1) is 21.0. The highest BCUT2D eigenvalue weighted by Crippen LogP contribution is 2.24. The van der Waals surface area contributed by atoms with Crippen LogP contribution in [0, 0.1) is 12.7 Å². The lowest BCUT2D eigenvalue weighted by Crippen LogP contribution is -2.32. The number of nitrogens with one attached hydrogen (secondary N) is 3. The average molecular weight is 425 g/mol. The lowest BCUT2D eigenvalue weighted by molar-refractivity contribution is -0.136. The van der Waals surface area contributed by atoms with Crippen molar-refractivity contribution in [1.29, 1.82) is 0 Å². The van der Waals surface area contributed by atoms with E-state index >= 15 is 0 Å². The molecular formula is C22H18ClFN4O2. The molecule has 6 nitrogen and oxygen atoms in total. The van der Waals surface area contributed by atoms with Crippen molar-refractivity contribution >= 4 is 46.7 Å². The van der Waals surface area contributed by atoms with Crippen LogP contribution >= 0.6 is 11.6 Å². The fourth-order valence-electron chi connectivity index (χ4n) is 2.50. The summed E-state index contributed by atoms with van der Waals surface area (Å²) in [5.41, 5.74) is 4.97. The van der Waals surface area contributed by atoms with Crippen LogP contribution in [0.2, 0.25) is 5.02 Å². The highest BCUT2D eigenvalue weighted by Gasteiger charge is 2.13. The molecule has 0 saturated carbocycles. The number of rotatable bonds is 5. The van der Waals surface area contributed by atoms with Crippen LogP contribution in [0.1, 0.15) is 11.1 Å². The quantitative estimate of drug-likeness (QED) is 0.317. The van der Waals surface area contributed by atoms with Crippen molar-refractivity contribution in [3.05, 3.63) is 88.7 Å². The Hall–Kier alpha value is -3.71. The molecule has 0 aliphatic heterocycles. The Kier molecular flexibility index (Phi) is 6.77. The van der Waals surface area contributed by atoms with Gasteiger partial charge in [0.05, 0.1) is 11.9 Å². The Balaban J connectivity index is 1.67. The van der Waals surface area contributed by atoms with Gasteiger partial charge in [0, 0.05) is 22.0 Å². The molecule has 0 aliphatic rings. The van der Waals surface area contributed by atoms with Gasteiger partial charge in [-0.2, -0.15) is 5.10 Å². The predicted octanol–water partition coefficient (Wildman–Crippen LogP) is 4.62. The highest BCUT2D eigenvalue weighted by atomic mass is 35.5. The largest absolute Gasteiger partial charge is 0.353 e. The maximum absolute atomic E-state index is 13.9. The highest BCUT2D eigenvalue weighted by molar-refractivity contribution is 6.39. The normalized spacial score (nSPS) is 10.6. The molecular weight excluding hydrogens is 407 g/mol. The summed E-state index contributed by atoms with van der Waals surface area (Å²) in [7, 11) is 0. The molecule has 30 heavy (non-hydrogen) atoms. The number of halogens is 2. The van der Waals surface area contributed by atoms with Crippen LogP contribution in [0.5, 0.6) is 0 Å². The number of aryl methyl sites for hydroxylation is 1. The molecule has 0 aromatic heterocycles. The van der Waals surface area contributed by atoms with Crippen LogP contribution < -0.4 is 16.1 Å². The van der Waals surface area contributed by atoms with Crippen LogP contribution in [0.4, 0.5) is 21.5 Å². The number of carbonyl (C=O) groups is 2. The first-order valence-corrected chi connectivity index (χ1v) is 9.32. The number of anilines is 3. The lowest BCUT2D eigenvalue weighted by Gasteiger charge is -2.10. The van der Waals surface area contributed by atoms with E-state index in [1.807, 2.05) is 19.1 Å². The van der Waals surface area contributed by atoms with E-state index in [1.54, 1.807) is 48.5 Å². The molecule has 0 radical (unpaired) electrons. The van der Waals surface area contributed by atoms with Gasteiger partial charge in [0.2, 0.25) is 0 Å². The zero-order chi connectivity index (χ0) is 21.5. The summed E-state index contributed by atoms with van der Waals surface area (Å²) in [5, 5.41) is 9.66. The Bertz CT molecular complexity index is 1100. The number of nitrogens with zero attached hydrogens (tertiary/aromatic N) is 1. The molecule has 152 valence electrons. The van der Waals surface area contributed by atoms with E-state index in [1.165, 1.54) is 12.3 Å². The van der Waals surface area contributed by atoms with Crippen molar-refractivity contribution in [1.82, 2.24) is 5.43 Å². The summed E-state index contributed by atoms with van der Waals surface area (Å²) in [6, 6.07) is 18.1. The Morgan fingerprint density at radius 1 is 0.967 bits per heavy atom. The van der Waals surface area contributed by atoms with E-state index in [2.05, 4.69) is 21.2 Å². The molecule has 8 heteroatoms. The standard InChI is InChI=1S/C22H18ClFN4O2/c1-14-6-9-17(10-7-14)26-21(29)22(30)28-25-13-15-12-16(23)8-11-19(15)27-20-5-3-2-4-18(20)24/h2-13,27H,1H3,(H,26,29)(H,28,30)/b25-13-. The second-order valence-corrected chi connectivity index (χ2v) is 6.79. The van der Waals surface area contributed by atoms with Crippen LogP contribution in [0.3, 0.4) is 0 Å². The summed E-state index contributed by atoms with van der Waals surface area (Å²) >= 11 is 6.03. The number of para-hydroxylation sites is 1. The zero-order valence-electron chi connectivity index (χ0n) is 15.9. The number of benzene rings is 3. The van der Waals surface area contributed by atoms with Crippen molar-refractivity contribution < 1.29 is 14.0 Å². The van der Waals surface area contributed by atoms with E-state index < -0.39 is 17.6 Å². The summed E-state index contributed by atoms with van der Waals surface area (Å²) < 4.78 is 13.9. The van der Waals surface area contributed by atoms with Gasteiger partial charge in [-0.3, -0.25) is 9.59 Å². The number of hydrogen-bond acceptors (Lipinski definition) is 4. The molecule has 3 rings (SSSR count). The summed E-state index contributed by atoms with van der Waals surface area (Å²) in [4.78, 5) is 23.9. The Morgan fingerprint density at radius 3 is 2.43 bits per heavy atom. The van der Waals surface area contributed by atoms with Gasteiger partial charge in [-0.05, 0) is 49.4 Å². The van der Waals surface area contributed by atoms with Crippen LogP contribution in [0.25, 0.3) is 0 Å². The predicted molar refractivity (Wildman–Crippen MR) is 117 cm³/mol. The van der Waals surface area contributed by atoms with Gasteiger partial charge in [-0.1, -0.05) is 41.4 Å². The van der Waals surface area contributed by atoms with Crippen molar-refractivity contribution in [2.75, 3.05) is 10.6 Å². The van der Waals surface area contributed by atoms with Crippen LogP contribution in [0.15, 0.2) is 71.8 Å². The maximum Gasteiger partial charge on any atom is 0.329 e.